The lowest BCUT2D eigenvalue weighted by molar-refractivity contribution is 0.112. The first-order valence-corrected chi connectivity index (χ1v) is 5.67. The van der Waals surface area contributed by atoms with Crippen LogP contribution in [0.25, 0.3) is 10.2 Å². The van der Waals surface area contributed by atoms with E-state index < -0.39 is 0 Å². The molecule has 4 heteroatoms. The molecule has 0 aliphatic rings. The topological polar surface area (TPSA) is 49.9 Å². The van der Waals surface area contributed by atoms with Gasteiger partial charge in [-0.3, -0.25) is 9.59 Å². The van der Waals surface area contributed by atoms with Gasteiger partial charge in [-0.2, -0.15) is 0 Å². The molecule has 0 atom stereocenters. The highest BCUT2D eigenvalue weighted by atomic mass is 32.1. The molecule has 0 fully saturated rings. The number of hydrogen-bond donors (Lipinski definition) is 1. The average molecular weight is 221 g/mol. The van der Waals surface area contributed by atoms with E-state index in [9.17, 15) is 9.59 Å². The monoisotopic (exact) mass is 221 g/mol. The number of rotatable bonds is 3. The summed E-state index contributed by atoms with van der Waals surface area (Å²) in [4.78, 5) is 26.2. The van der Waals surface area contributed by atoms with Crippen LogP contribution in [-0.4, -0.2) is 11.3 Å². The SMILES string of the molecule is CCCc1cc(=O)[nH]c2sc(C=O)cc12. The van der Waals surface area contributed by atoms with Gasteiger partial charge in [-0.15, -0.1) is 11.3 Å². The van der Waals surface area contributed by atoms with Crippen LogP contribution in [0.4, 0.5) is 0 Å². The molecule has 78 valence electrons. The van der Waals surface area contributed by atoms with E-state index in [1.807, 2.05) is 6.07 Å². The Kier molecular flexibility index (Phi) is 2.68. The molecule has 0 spiro atoms. The van der Waals surface area contributed by atoms with Crippen molar-refractivity contribution >= 4 is 27.8 Å². The van der Waals surface area contributed by atoms with Gasteiger partial charge in [-0.05, 0) is 18.1 Å². The van der Waals surface area contributed by atoms with Crippen molar-refractivity contribution in [2.75, 3.05) is 0 Å². The number of hydrogen-bond acceptors (Lipinski definition) is 3. The van der Waals surface area contributed by atoms with Crippen LogP contribution >= 0.6 is 11.3 Å². The number of thiophene rings is 1. The van der Waals surface area contributed by atoms with E-state index in [4.69, 9.17) is 0 Å². The normalized spacial score (nSPS) is 10.7. The van der Waals surface area contributed by atoms with Gasteiger partial charge in [0.05, 0.1) is 4.88 Å². The van der Waals surface area contributed by atoms with Crippen LogP contribution in [0.15, 0.2) is 16.9 Å². The fraction of sp³-hybridized carbons (Fsp3) is 0.273. The molecule has 0 saturated heterocycles. The van der Waals surface area contributed by atoms with E-state index in [1.165, 1.54) is 11.3 Å². The molecule has 0 aliphatic carbocycles. The molecule has 0 radical (unpaired) electrons. The quantitative estimate of drug-likeness (QED) is 0.809. The van der Waals surface area contributed by atoms with E-state index in [-0.39, 0.29) is 5.56 Å². The second-order valence-electron chi connectivity index (χ2n) is 3.42. The molecule has 1 N–H and O–H groups in total. The maximum Gasteiger partial charge on any atom is 0.249 e. The lowest BCUT2D eigenvalue weighted by Gasteiger charge is -1.99. The van der Waals surface area contributed by atoms with Crippen LogP contribution in [-0.2, 0) is 6.42 Å². The minimum atomic E-state index is -0.0924. The Bertz CT molecular complexity index is 553. The van der Waals surface area contributed by atoms with Gasteiger partial charge in [-0.25, -0.2) is 0 Å². The summed E-state index contributed by atoms with van der Waals surface area (Å²) in [5.74, 6) is 0. The minimum Gasteiger partial charge on any atom is -0.314 e. The standard InChI is InChI=1S/C11H11NO2S/c1-2-3-7-4-10(14)12-11-9(7)5-8(6-13)15-11/h4-6H,2-3H2,1H3,(H,12,14). The van der Waals surface area contributed by atoms with Crippen LogP contribution in [0.3, 0.4) is 0 Å². The van der Waals surface area contributed by atoms with Crippen molar-refractivity contribution in [2.45, 2.75) is 19.8 Å². The Balaban J connectivity index is 2.71. The summed E-state index contributed by atoms with van der Waals surface area (Å²) < 4.78 is 0. The highest BCUT2D eigenvalue weighted by Gasteiger charge is 2.07. The number of aldehydes is 1. The summed E-state index contributed by atoms with van der Waals surface area (Å²) in [5.41, 5.74) is 0.936. The van der Waals surface area contributed by atoms with Crippen molar-refractivity contribution < 1.29 is 4.79 Å². The molecule has 2 heterocycles. The van der Waals surface area contributed by atoms with Crippen LogP contribution < -0.4 is 5.56 Å². The molecule has 3 nitrogen and oxygen atoms in total. The Morgan fingerprint density at radius 3 is 2.93 bits per heavy atom. The van der Waals surface area contributed by atoms with Gasteiger partial charge in [0.25, 0.3) is 0 Å². The zero-order chi connectivity index (χ0) is 10.8. The van der Waals surface area contributed by atoms with Crippen molar-refractivity contribution in [1.29, 1.82) is 0 Å². The highest BCUT2D eigenvalue weighted by Crippen LogP contribution is 2.24. The lowest BCUT2D eigenvalue weighted by atomic mass is 10.1. The first-order valence-electron chi connectivity index (χ1n) is 4.85. The number of nitrogens with one attached hydrogen (secondary N) is 1. The second kappa shape index (κ2) is 3.98. The maximum absolute atomic E-state index is 11.3. The second-order valence-corrected chi connectivity index (χ2v) is 4.50. The Labute approximate surface area is 90.8 Å². The molecule has 0 aliphatic heterocycles. The maximum atomic E-state index is 11.3. The summed E-state index contributed by atoms with van der Waals surface area (Å²) in [6, 6.07) is 3.46. The smallest absolute Gasteiger partial charge is 0.249 e. The Morgan fingerprint density at radius 2 is 2.27 bits per heavy atom. The predicted molar refractivity (Wildman–Crippen MR) is 61.8 cm³/mol. The third kappa shape index (κ3) is 1.85. The number of H-pyrrole nitrogens is 1. The molecule has 0 bridgehead atoms. The molecule has 2 rings (SSSR count). The average Bonchev–Trinajstić information content (AvgIpc) is 2.61. The van der Waals surface area contributed by atoms with E-state index in [1.54, 1.807) is 6.07 Å². The van der Waals surface area contributed by atoms with E-state index in [0.29, 0.717) is 4.88 Å². The van der Waals surface area contributed by atoms with E-state index in [2.05, 4.69) is 11.9 Å². The van der Waals surface area contributed by atoms with Crippen LogP contribution in [0, 0.1) is 0 Å². The third-order valence-electron chi connectivity index (χ3n) is 2.27. The minimum absolute atomic E-state index is 0.0924. The van der Waals surface area contributed by atoms with Crippen molar-refractivity contribution in [2.24, 2.45) is 0 Å². The number of aromatic nitrogens is 1. The van der Waals surface area contributed by atoms with E-state index >= 15 is 0 Å². The van der Waals surface area contributed by atoms with Gasteiger partial charge in [0.2, 0.25) is 5.56 Å². The number of carbonyl (C=O) groups is 1. The molecule has 0 aromatic carbocycles. The summed E-state index contributed by atoms with van der Waals surface area (Å²) in [6.45, 7) is 2.07. The molecule has 2 aromatic rings. The summed E-state index contributed by atoms with van der Waals surface area (Å²) in [6.07, 6.45) is 2.68. The van der Waals surface area contributed by atoms with Gasteiger partial charge in [0.15, 0.2) is 6.29 Å². The van der Waals surface area contributed by atoms with Crippen molar-refractivity contribution in [3.63, 3.8) is 0 Å². The van der Waals surface area contributed by atoms with Crippen molar-refractivity contribution in [3.05, 3.63) is 32.9 Å². The zero-order valence-electron chi connectivity index (χ0n) is 8.37. The third-order valence-corrected chi connectivity index (χ3v) is 3.25. The predicted octanol–water partition coefficient (Wildman–Crippen LogP) is 2.35. The molecule has 2 aromatic heterocycles. The summed E-state index contributed by atoms with van der Waals surface area (Å²) in [7, 11) is 0. The molecule has 0 saturated carbocycles. The number of fused-ring (bicyclic) bond motifs is 1. The Morgan fingerprint density at radius 1 is 1.47 bits per heavy atom. The number of aryl methyl sites for hydroxylation is 1. The summed E-state index contributed by atoms with van der Waals surface area (Å²) in [5, 5.41) is 1.00. The van der Waals surface area contributed by atoms with Gasteiger partial charge < -0.3 is 4.98 Å². The van der Waals surface area contributed by atoms with Crippen molar-refractivity contribution in [1.82, 2.24) is 4.98 Å². The van der Waals surface area contributed by atoms with Crippen LogP contribution in [0.5, 0.6) is 0 Å². The number of carbonyl (C=O) groups excluding carboxylic acids is 1. The molecule has 0 amide bonds. The first-order chi connectivity index (χ1) is 7.24. The number of aromatic amines is 1. The highest BCUT2D eigenvalue weighted by molar-refractivity contribution is 7.20. The van der Waals surface area contributed by atoms with Crippen LogP contribution in [0.1, 0.15) is 28.6 Å². The molecule has 15 heavy (non-hydrogen) atoms. The molecular weight excluding hydrogens is 210 g/mol. The fourth-order valence-corrected chi connectivity index (χ4v) is 2.57. The van der Waals surface area contributed by atoms with Crippen LogP contribution in [0.2, 0.25) is 0 Å². The molecular formula is C11H11NO2S. The largest absolute Gasteiger partial charge is 0.314 e. The van der Waals surface area contributed by atoms with Crippen molar-refractivity contribution in [3.8, 4) is 0 Å². The first kappa shape index (κ1) is 10.1. The Hall–Kier alpha value is -1.42. The van der Waals surface area contributed by atoms with Gasteiger partial charge in [0, 0.05) is 11.5 Å². The van der Waals surface area contributed by atoms with Gasteiger partial charge >= 0.3 is 0 Å². The number of pyridine rings is 1. The summed E-state index contributed by atoms with van der Waals surface area (Å²) >= 11 is 1.33. The molecule has 0 unspecified atom stereocenters. The zero-order valence-corrected chi connectivity index (χ0v) is 9.19. The van der Waals surface area contributed by atoms with Gasteiger partial charge in [-0.1, -0.05) is 13.3 Å². The lowest BCUT2D eigenvalue weighted by Crippen LogP contribution is -2.04. The van der Waals surface area contributed by atoms with Gasteiger partial charge in [0.1, 0.15) is 4.83 Å². The van der Waals surface area contributed by atoms with E-state index in [0.717, 1.165) is 34.9 Å². The fourth-order valence-electron chi connectivity index (χ4n) is 1.66.